The molecule has 1 aromatic heterocycles. The van der Waals surface area contributed by atoms with Crippen molar-refractivity contribution in [2.75, 3.05) is 7.11 Å². The lowest BCUT2D eigenvalue weighted by Crippen LogP contribution is -2.21. The Hall–Kier alpha value is -4.90. The average Bonchev–Trinajstić information content (AvgIpc) is 3.00. The smallest absolute Gasteiger partial charge is 0.312 e. The molecule has 0 atom stereocenters. The molecule has 5 aromatic rings. The molecule has 11 heteroatoms. The average molecular weight is 660 g/mol. The fraction of sp³-hybridized carbons (Fsp3) is 0.182. The highest BCUT2D eigenvalue weighted by molar-refractivity contribution is 9.10. The van der Waals surface area contributed by atoms with E-state index in [1.54, 1.807) is 49.6 Å². The molecular formula is C33H28BrFN4O5. The van der Waals surface area contributed by atoms with Gasteiger partial charge >= 0.3 is 5.69 Å². The van der Waals surface area contributed by atoms with Gasteiger partial charge < -0.3 is 9.47 Å². The second-order valence-corrected chi connectivity index (χ2v) is 11.3. The van der Waals surface area contributed by atoms with Gasteiger partial charge in [-0.2, -0.15) is 9.78 Å². The molecule has 4 aromatic carbocycles. The molecule has 224 valence electrons. The van der Waals surface area contributed by atoms with Crippen LogP contribution in [0.15, 0.2) is 87.2 Å². The summed E-state index contributed by atoms with van der Waals surface area (Å²) in [6.45, 7) is 5.71. The molecule has 0 saturated heterocycles. The number of hydrogen-bond acceptors (Lipinski definition) is 7. The maximum Gasteiger partial charge on any atom is 0.312 e. The van der Waals surface area contributed by atoms with Gasteiger partial charge in [0, 0.05) is 27.2 Å². The van der Waals surface area contributed by atoms with Crippen molar-refractivity contribution in [1.29, 1.82) is 0 Å². The van der Waals surface area contributed by atoms with Crippen LogP contribution in [0, 0.1) is 22.9 Å². The predicted octanol–water partition coefficient (Wildman–Crippen LogP) is 7.77. The first-order valence-electron chi connectivity index (χ1n) is 13.7. The SMILES string of the molecule is COc1cc(C)c(-c2nc3ccccc3c(=O)n2N=Cc2cc(Br)cc([N+](=O)[O-])c2OCc2ccccc2F)cc1C(C)C. The second-order valence-electron chi connectivity index (χ2n) is 10.4. The first kappa shape index (κ1) is 30.6. The molecule has 1 heterocycles. The molecule has 0 radical (unpaired) electrons. The van der Waals surface area contributed by atoms with Crippen LogP contribution >= 0.6 is 15.9 Å². The standard InChI is InChI=1S/C33H28BrFN4O5/c1-19(2)25-16-26(20(3)13-30(25)43-4)32-37-28-12-8-6-10-24(28)33(40)38(32)36-17-22-14-23(34)15-29(39(41)42)31(22)44-18-21-9-5-7-11-27(21)35/h5-17,19H,18H2,1-4H3. The van der Waals surface area contributed by atoms with E-state index < -0.39 is 16.3 Å². The van der Waals surface area contributed by atoms with E-state index in [0.29, 0.717) is 20.9 Å². The molecule has 0 unspecified atom stereocenters. The Labute approximate surface area is 260 Å². The van der Waals surface area contributed by atoms with E-state index >= 15 is 0 Å². The van der Waals surface area contributed by atoms with Crippen LogP contribution in [0.2, 0.25) is 0 Å². The van der Waals surface area contributed by atoms with E-state index in [2.05, 4.69) is 21.0 Å². The minimum absolute atomic E-state index is 0.116. The van der Waals surface area contributed by atoms with Crippen LogP contribution in [-0.2, 0) is 6.61 Å². The maximum atomic E-state index is 14.3. The number of hydrogen-bond donors (Lipinski definition) is 0. The van der Waals surface area contributed by atoms with Crippen molar-refractivity contribution in [3.05, 3.63) is 126 Å². The predicted molar refractivity (Wildman–Crippen MR) is 171 cm³/mol. The molecular weight excluding hydrogens is 631 g/mol. The number of ether oxygens (including phenoxy) is 2. The van der Waals surface area contributed by atoms with Gasteiger partial charge in [0.2, 0.25) is 5.75 Å². The number of halogens is 2. The monoisotopic (exact) mass is 658 g/mol. The van der Waals surface area contributed by atoms with Crippen molar-refractivity contribution in [3.8, 4) is 22.9 Å². The first-order chi connectivity index (χ1) is 21.1. The zero-order valence-electron chi connectivity index (χ0n) is 24.4. The Morgan fingerprint density at radius 1 is 1.11 bits per heavy atom. The van der Waals surface area contributed by atoms with E-state index in [9.17, 15) is 19.3 Å². The van der Waals surface area contributed by atoms with Crippen LogP contribution in [0.1, 0.15) is 42.0 Å². The normalized spacial score (nSPS) is 11.4. The first-order valence-corrected chi connectivity index (χ1v) is 14.5. The number of aryl methyl sites for hydroxylation is 1. The molecule has 0 aliphatic carbocycles. The third-order valence-corrected chi connectivity index (χ3v) is 7.55. The second kappa shape index (κ2) is 12.8. The molecule has 0 aliphatic heterocycles. The van der Waals surface area contributed by atoms with Crippen LogP contribution in [-0.4, -0.2) is 27.9 Å². The number of nitrogens with zero attached hydrogens (tertiary/aromatic N) is 4. The molecule has 44 heavy (non-hydrogen) atoms. The van der Waals surface area contributed by atoms with Crippen molar-refractivity contribution >= 4 is 38.7 Å². The zero-order chi connectivity index (χ0) is 31.5. The van der Waals surface area contributed by atoms with E-state index in [-0.39, 0.29) is 40.9 Å². The van der Waals surface area contributed by atoms with E-state index in [4.69, 9.17) is 14.5 Å². The third-order valence-electron chi connectivity index (χ3n) is 7.10. The summed E-state index contributed by atoms with van der Waals surface area (Å²) in [6.07, 6.45) is 1.30. The summed E-state index contributed by atoms with van der Waals surface area (Å²) >= 11 is 3.32. The number of rotatable bonds is 9. The van der Waals surface area contributed by atoms with Gasteiger partial charge in [-0.15, -0.1) is 0 Å². The Balaban J connectivity index is 1.71. The number of benzene rings is 4. The fourth-order valence-electron chi connectivity index (χ4n) is 4.85. The fourth-order valence-corrected chi connectivity index (χ4v) is 5.31. The molecule has 5 rings (SSSR count). The van der Waals surface area contributed by atoms with Crippen molar-refractivity contribution in [3.63, 3.8) is 0 Å². The summed E-state index contributed by atoms with van der Waals surface area (Å²) in [4.78, 5) is 30.1. The Kier molecular flexibility index (Phi) is 8.86. The van der Waals surface area contributed by atoms with Gasteiger partial charge in [0.25, 0.3) is 5.56 Å². The van der Waals surface area contributed by atoms with Crippen molar-refractivity contribution in [1.82, 2.24) is 9.66 Å². The number of fused-ring (bicyclic) bond motifs is 1. The molecule has 0 fully saturated rings. The van der Waals surface area contributed by atoms with Gasteiger partial charge in [0.15, 0.2) is 5.82 Å². The maximum absolute atomic E-state index is 14.3. The highest BCUT2D eigenvalue weighted by Gasteiger charge is 2.22. The topological polar surface area (TPSA) is 109 Å². The number of aromatic nitrogens is 2. The highest BCUT2D eigenvalue weighted by atomic mass is 79.9. The van der Waals surface area contributed by atoms with Crippen molar-refractivity contribution < 1.29 is 18.8 Å². The number of nitro groups is 1. The third kappa shape index (κ3) is 6.09. The van der Waals surface area contributed by atoms with E-state index in [1.807, 2.05) is 32.9 Å². The van der Waals surface area contributed by atoms with Gasteiger partial charge in [-0.3, -0.25) is 14.9 Å². The Morgan fingerprint density at radius 3 is 2.55 bits per heavy atom. The van der Waals surface area contributed by atoms with Crippen LogP contribution in [0.4, 0.5) is 10.1 Å². The summed E-state index contributed by atoms with van der Waals surface area (Å²) in [5, 5.41) is 16.9. The number of nitro benzene ring substituents is 1. The van der Waals surface area contributed by atoms with Crippen molar-refractivity contribution in [2.45, 2.75) is 33.3 Å². The van der Waals surface area contributed by atoms with Crippen LogP contribution in [0.5, 0.6) is 11.5 Å². The van der Waals surface area contributed by atoms with Gasteiger partial charge in [-0.1, -0.05) is 60.1 Å². The Morgan fingerprint density at radius 2 is 1.84 bits per heavy atom. The summed E-state index contributed by atoms with van der Waals surface area (Å²) in [5.74, 6) is 0.487. The van der Waals surface area contributed by atoms with Gasteiger partial charge in [0.05, 0.1) is 29.2 Å². The van der Waals surface area contributed by atoms with E-state index in [1.165, 1.54) is 29.1 Å². The van der Waals surface area contributed by atoms with Gasteiger partial charge in [-0.05, 0) is 60.4 Å². The lowest BCUT2D eigenvalue weighted by Gasteiger charge is -2.17. The minimum Gasteiger partial charge on any atom is -0.496 e. The zero-order valence-corrected chi connectivity index (χ0v) is 26.0. The molecule has 0 N–H and O–H groups in total. The minimum atomic E-state index is -0.595. The largest absolute Gasteiger partial charge is 0.496 e. The van der Waals surface area contributed by atoms with Crippen LogP contribution in [0.25, 0.3) is 22.3 Å². The number of methoxy groups -OCH3 is 1. The van der Waals surface area contributed by atoms with Gasteiger partial charge in [-0.25, -0.2) is 9.37 Å². The molecule has 0 aliphatic rings. The lowest BCUT2D eigenvalue weighted by molar-refractivity contribution is -0.386. The summed E-state index contributed by atoms with van der Waals surface area (Å²) < 4.78 is 27.3. The molecule has 0 spiro atoms. The Bertz CT molecular complexity index is 1990. The number of para-hydroxylation sites is 1. The molecule has 9 nitrogen and oxygen atoms in total. The van der Waals surface area contributed by atoms with Gasteiger partial charge in [0.1, 0.15) is 18.2 Å². The summed E-state index contributed by atoms with van der Waals surface area (Å²) in [6, 6.07) is 19.6. The summed E-state index contributed by atoms with van der Waals surface area (Å²) in [7, 11) is 1.61. The molecule has 0 amide bonds. The van der Waals surface area contributed by atoms with Crippen molar-refractivity contribution in [2.24, 2.45) is 5.10 Å². The molecule has 0 saturated carbocycles. The summed E-state index contributed by atoms with van der Waals surface area (Å²) in [5.41, 5.74) is 2.54. The highest BCUT2D eigenvalue weighted by Crippen LogP contribution is 2.36. The lowest BCUT2D eigenvalue weighted by atomic mass is 9.96. The molecule has 0 bridgehead atoms. The quantitative estimate of drug-likeness (QED) is 0.0909. The van der Waals surface area contributed by atoms with Crippen LogP contribution < -0.4 is 15.0 Å². The van der Waals surface area contributed by atoms with Crippen LogP contribution in [0.3, 0.4) is 0 Å². The van der Waals surface area contributed by atoms with E-state index in [0.717, 1.165) is 16.9 Å².